The third-order valence-corrected chi connectivity index (χ3v) is 3.56. The standard InChI is InChI=1S/C12H10BrFN2O2/c13-7-3-9(14)11-10(4-7)15-6-16(12(11)17)8-1-2-18-5-8/h3-4,6,8H,1-2,5H2. The molecule has 0 amide bonds. The van der Waals surface area contributed by atoms with Gasteiger partial charge in [-0.1, -0.05) is 15.9 Å². The molecule has 6 heteroatoms. The molecule has 1 saturated heterocycles. The van der Waals surface area contributed by atoms with E-state index in [9.17, 15) is 9.18 Å². The van der Waals surface area contributed by atoms with Crippen molar-refractivity contribution in [2.75, 3.05) is 13.2 Å². The van der Waals surface area contributed by atoms with Crippen LogP contribution in [0.15, 0.2) is 27.7 Å². The lowest BCUT2D eigenvalue weighted by Gasteiger charge is -2.12. The molecule has 2 aromatic rings. The molecule has 1 aromatic heterocycles. The lowest BCUT2D eigenvalue weighted by Crippen LogP contribution is -2.26. The first-order valence-corrected chi connectivity index (χ1v) is 6.40. The molecule has 1 atom stereocenters. The van der Waals surface area contributed by atoms with E-state index in [0.717, 1.165) is 6.42 Å². The molecular formula is C12H10BrFN2O2. The number of rotatable bonds is 1. The Morgan fingerprint density at radius 2 is 2.33 bits per heavy atom. The lowest BCUT2D eigenvalue weighted by molar-refractivity contribution is 0.186. The molecule has 0 bridgehead atoms. The molecule has 3 rings (SSSR count). The molecule has 18 heavy (non-hydrogen) atoms. The fourth-order valence-corrected chi connectivity index (χ4v) is 2.60. The summed E-state index contributed by atoms with van der Waals surface area (Å²) < 4.78 is 21.1. The van der Waals surface area contributed by atoms with Gasteiger partial charge in [0.05, 0.1) is 24.5 Å². The van der Waals surface area contributed by atoms with Crippen molar-refractivity contribution in [2.24, 2.45) is 0 Å². The van der Waals surface area contributed by atoms with Crippen LogP contribution in [-0.4, -0.2) is 22.8 Å². The Labute approximate surface area is 111 Å². The van der Waals surface area contributed by atoms with Crippen LogP contribution in [-0.2, 0) is 4.74 Å². The van der Waals surface area contributed by atoms with Crippen molar-refractivity contribution < 1.29 is 9.13 Å². The minimum atomic E-state index is -0.551. The minimum Gasteiger partial charge on any atom is -0.379 e. The van der Waals surface area contributed by atoms with E-state index in [-0.39, 0.29) is 17.0 Å². The average Bonchev–Trinajstić information content (AvgIpc) is 2.81. The molecule has 0 saturated carbocycles. The van der Waals surface area contributed by atoms with Crippen molar-refractivity contribution in [3.05, 3.63) is 39.1 Å². The molecule has 0 aliphatic carbocycles. The predicted octanol–water partition coefficient (Wildman–Crippen LogP) is 2.26. The summed E-state index contributed by atoms with van der Waals surface area (Å²) in [4.78, 5) is 16.4. The maximum Gasteiger partial charge on any atom is 0.264 e. The van der Waals surface area contributed by atoms with Crippen LogP contribution in [0.25, 0.3) is 10.9 Å². The fourth-order valence-electron chi connectivity index (χ4n) is 2.18. The molecule has 2 heterocycles. The zero-order chi connectivity index (χ0) is 12.7. The van der Waals surface area contributed by atoms with E-state index < -0.39 is 5.82 Å². The van der Waals surface area contributed by atoms with Crippen LogP contribution in [0.5, 0.6) is 0 Å². The molecule has 1 fully saturated rings. The van der Waals surface area contributed by atoms with E-state index in [4.69, 9.17) is 4.74 Å². The molecule has 1 aliphatic rings. The zero-order valence-corrected chi connectivity index (χ0v) is 11.0. The SMILES string of the molecule is O=c1c2c(F)cc(Br)cc2ncn1C1CCOC1. The topological polar surface area (TPSA) is 44.1 Å². The number of nitrogens with zero attached hydrogens (tertiary/aromatic N) is 2. The van der Waals surface area contributed by atoms with Crippen molar-refractivity contribution in [1.29, 1.82) is 0 Å². The van der Waals surface area contributed by atoms with E-state index in [1.54, 1.807) is 6.07 Å². The fraction of sp³-hybridized carbons (Fsp3) is 0.333. The van der Waals surface area contributed by atoms with Gasteiger partial charge in [-0.25, -0.2) is 9.37 Å². The van der Waals surface area contributed by atoms with Crippen molar-refractivity contribution in [1.82, 2.24) is 9.55 Å². The Hall–Kier alpha value is -1.27. The number of hydrogen-bond acceptors (Lipinski definition) is 3. The lowest BCUT2D eigenvalue weighted by atomic mass is 10.2. The molecule has 0 N–H and O–H groups in total. The van der Waals surface area contributed by atoms with E-state index in [2.05, 4.69) is 20.9 Å². The smallest absolute Gasteiger partial charge is 0.264 e. The highest BCUT2D eigenvalue weighted by Crippen LogP contribution is 2.21. The Kier molecular flexibility index (Phi) is 2.91. The zero-order valence-electron chi connectivity index (χ0n) is 9.40. The van der Waals surface area contributed by atoms with Crippen LogP contribution in [0.2, 0.25) is 0 Å². The average molecular weight is 313 g/mol. The van der Waals surface area contributed by atoms with Crippen LogP contribution in [0.4, 0.5) is 4.39 Å². The maximum absolute atomic E-state index is 13.9. The number of hydrogen-bond donors (Lipinski definition) is 0. The summed E-state index contributed by atoms with van der Waals surface area (Å²) in [7, 11) is 0. The van der Waals surface area contributed by atoms with Crippen molar-refractivity contribution in [3.8, 4) is 0 Å². The van der Waals surface area contributed by atoms with E-state index in [0.29, 0.717) is 23.2 Å². The van der Waals surface area contributed by atoms with E-state index in [1.165, 1.54) is 17.0 Å². The van der Waals surface area contributed by atoms with Gasteiger partial charge >= 0.3 is 0 Å². The summed E-state index contributed by atoms with van der Waals surface area (Å²) in [5.74, 6) is -0.551. The first kappa shape index (κ1) is 11.8. The van der Waals surface area contributed by atoms with Crippen molar-refractivity contribution in [2.45, 2.75) is 12.5 Å². The molecule has 1 unspecified atom stereocenters. The van der Waals surface area contributed by atoms with Gasteiger partial charge < -0.3 is 4.74 Å². The highest BCUT2D eigenvalue weighted by Gasteiger charge is 2.20. The van der Waals surface area contributed by atoms with Crippen LogP contribution >= 0.6 is 15.9 Å². The van der Waals surface area contributed by atoms with Crippen LogP contribution in [0.1, 0.15) is 12.5 Å². The quantitative estimate of drug-likeness (QED) is 0.811. The predicted molar refractivity (Wildman–Crippen MR) is 68.1 cm³/mol. The van der Waals surface area contributed by atoms with Gasteiger partial charge in [0.15, 0.2) is 0 Å². The Bertz CT molecular complexity index is 665. The second-order valence-corrected chi connectivity index (χ2v) is 5.17. The van der Waals surface area contributed by atoms with Crippen molar-refractivity contribution in [3.63, 3.8) is 0 Å². The minimum absolute atomic E-state index is 0.0348. The van der Waals surface area contributed by atoms with Gasteiger partial charge in [-0.05, 0) is 18.6 Å². The molecule has 4 nitrogen and oxygen atoms in total. The molecule has 1 aromatic carbocycles. The first-order chi connectivity index (χ1) is 8.66. The summed E-state index contributed by atoms with van der Waals surface area (Å²) in [6.07, 6.45) is 2.22. The molecule has 0 radical (unpaired) electrons. The van der Waals surface area contributed by atoms with Gasteiger partial charge in [-0.15, -0.1) is 0 Å². The van der Waals surface area contributed by atoms with Gasteiger partial charge in [0.25, 0.3) is 5.56 Å². The normalized spacial score (nSPS) is 19.6. The van der Waals surface area contributed by atoms with Crippen LogP contribution in [0.3, 0.4) is 0 Å². The second kappa shape index (κ2) is 4.44. The maximum atomic E-state index is 13.9. The second-order valence-electron chi connectivity index (χ2n) is 4.26. The van der Waals surface area contributed by atoms with Crippen LogP contribution < -0.4 is 5.56 Å². The number of halogens is 2. The van der Waals surface area contributed by atoms with Gasteiger partial charge in [0.1, 0.15) is 11.2 Å². The molecular weight excluding hydrogens is 303 g/mol. The van der Waals surface area contributed by atoms with E-state index in [1.807, 2.05) is 0 Å². The van der Waals surface area contributed by atoms with Gasteiger partial charge in [0, 0.05) is 11.1 Å². The summed E-state index contributed by atoms with van der Waals surface area (Å²) >= 11 is 3.18. The van der Waals surface area contributed by atoms with E-state index >= 15 is 0 Å². The third-order valence-electron chi connectivity index (χ3n) is 3.10. The monoisotopic (exact) mass is 312 g/mol. The Morgan fingerprint density at radius 1 is 1.50 bits per heavy atom. The van der Waals surface area contributed by atoms with Crippen molar-refractivity contribution >= 4 is 26.8 Å². The molecule has 0 spiro atoms. The van der Waals surface area contributed by atoms with Gasteiger partial charge in [-0.3, -0.25) is 9.36 Å². The summed E-state index contributed by atoms with van der Waals surface area (Å²) in [6, 6.07) is 2.87. The highest BCUT2D eigenvalue weighted by molar-refractivity contribution is 9.10. The third kappa shape index (κ3) is 1.85. The summed E-state index contributed by atoms with van der Waals surface area (Å²) in [5, 5.41) is 0.0348. The Morgan fingerprint density at radius 3 is 3.06 bits per heavy atom. The van der Waals surface area contributed by atoms with Gasteiger partial charge in [-0.2, -0.15) is 0 Å². The first-order valence-electron chi connectivity index (χ1n) is 5.60. The van der Waals surface area contributed by atoms with Crippen LogP contribution in [0, 0.1) is 5.82 Å². The number of aromatic nitrogens is 2. The number of fused-ring (bicyclic) bond motifs is 1. The highest BCUT2D eigenvalue weighted by atomic mass is 79.9. The number of ether oxygens (including phenoxy) is 1. The van der Waals surface area contributed by atoms with Gasteiger partial charge in [0.2, 0.25) is 0 Å². The Balaban J connectivity index is 2.25. The molecule has 94 valence electrons. The summed E-state index contributed by atoms with van der Waals surface area (Å²) in [6.45, 7) is 1.10. The largest absolute Gasteiger partial charge is 0.379 e. The summed E-state index contributed by atoms with van der Waals surface area (Å²) in [5.41, 5.74) is 0.0162. The number of benzene rings is 1. The molecule has 1 aliphatic heterocycles.